The molecule has 0 amide bonds. The van der Waals surface area contributed by atoms with Gasteiger partial charge in [-0.25, -0.2) is 8.78 Å². The van der Waals surface area contributed by atoms with Crippen LogP contribution in [0.1, 0.15) is 5.56 Å². The fraction of sp³-hybridized carbons (Fsp3) is 0.0833. The number of benzene rings is 1. The van der Waals surface area contributed by atoms with E-state index < -0.39 is 29.8 Å². The maximum Gasteiger partial charge on any atom is 1.00 e. The standard InChI is InChI=1S/C12H8BF5NO.K/c14-9-1-2-11(13(16,17)18)12(4-9)20-7-8-3-10(15)6-19-5-8;/h1-6H,7H2;/q-1;+1. The molecule has 9 heteroatoms. The minimum absolute atomic E-state index is 0. The third-order valence-corrected chi connectivity index (χ3v) is 2.48. The van der Waals surface area contributed by atoms with Crippen molar-refractivity contribution in [2.45, 2.75) is 6.61 Å². The van der Waals surface area contributed by atoms with E-state index in [0.717, 1.165) is 12.3 Å². The Morgan fingerprint density at radius 2 is 1.71 bits per heavy atom. The van der Waals surface area contributed by atoms with Gasteiger partial charge in [0.25, 0.3) is 0 Å². The van der Waals surface area contributed by atoms with Gasteiger partial charge in [-0.15, -0.1) is 0 Å². The summed E-state index contributed by atoms with van der Waals surface area (Å²) in [5.74, 6) is -2.10. The predicted octanol–water partition coefficient (Wildman–Crippen LogP) is -0.00280. The van der Waals surface area contributed by atoms with Gasteiger partial charge in [-0.2, -0.15) is 0 Å². The second-order valence-electron chi connectivity index (χ2n) is 4.06. The number of nitrogens with zero attached hydrogens (tertiary/aromatic N) is 1. The molecule has 1 aromatic heterocycles. The first-order valence-corrected chi connectivity index (χ1v) is 5.58. The van der Waals surface area contributed by atoms with E-state index in [1.54, 1.807) is 0 Å². The van der Waals surface area contributed by atoms with Crippen LogP contribution in [-0.4, -0.2) is 12.0 Å². The van der Waals surface area contributed by atoms with E-state index in [-0.39, 0.29) is 63.6 Å². The molecular weight excluding hydrogens is 319 g/mol. The van der Waals surface area contributed by atoms with Crippen LogP contribution in [-0.2, 0) is 6.61 Å². The van der Waals surface area contributed by atoms with Crippen molar-refractivity contribution in [2.75, 3.05) is 0 Å². The fourth-order valence-corrected chi connectivity index (χ4v) is 1.60. The molecule has 2 rings (SSSR count). The summed E-state index contributed by atoms with van der Waals surface area (Å²) < 4.78 is 69.1. The minimum Gasteiger partial charge on any atom is -0.492 e. The van der Waals surface area contributed by atoms with E-state index in [2.05, 4.69) is 4.98 Å². The van der Waals surface area contributed by atoms with E-state index >= 15 is 0 Å². The Morgan fingerprint density at radius 3 is 2.33 bits per heavy atom. The summed E-state index contributed by atoms with van der Waals surface area (Å²) in [6.07, 6.45) is 2.21. The molecule has 0 fully saturated rings. The molecular formula is C12H8BF5KNO. The molecule has 0 saturated carbocycles. The smallest absolute Gasteiger partial charge is 0.492 e. The predicted molar refractivity (Wildman–Crippen MR) is 63.6 cm³/mol. The van der Waals surface area contributed by atoms with Crippen LogP contribution in [0.5, 0.6) is 5.75 Å². The van der Waals surface area contributed by atoms with Crippen molar-refractivity contribution in [3.8, 4) is 5.75 Å². The van der Waals surface area contributed by atoms with E-state index in [9.17, 15) is 21.7 Å². The van der Waals surface area contributed by atoms with Crippen molar-refractivity contribution in [3.63, 3.8) is 0 Å². The second-order valence-corrected chi connectivity index (χ2v) is 4.06. The molecule has 106 valence electrons. The van der Waals surface area contributed by atoms with Crippen molar-refractivity contribution in [3.05, 3.63) is 53.9 Å². The summed E-state index contributed by atoms with van der Waals surface area (Å²) in [7, 11) is 0. The van der Waals surface area contributed by atoms with Gasteiger partial charge in [0.05, 0.1) is 11.9 Å². The van der Waals surface area contributed by atoms with Crippen molar-refractivity contribution in [1.82, 2.24) is 4.98 Å². The van der Waals surface area contributed by atoms with Crippen LogP contribution in [0.3, 0.4) is 0 Å². The van der Waals surface area contributed by atoms with Gasteiger partial charge in [-0.1, -0.05) is 11.5 Å². The van der Waals surface area contributed by atoms with Gasteiger partial charge in [-0.05, 0) is 12.1 Å². The van der Waals surface area contributed by atoms with Crippen LogP contribution < -0.4 is 61.6 Å². The Balaban J connectivity index is 0.00000220. The van der Waals surface area contributed by atoms with E-state index in [1.165, 1.54) is 6.20 Å². The van der Waals surface area contributed by atoms with Gasteiger partial charge in [0.1, 0.15) is 18.2 Å². The number of rotatable bonds is 4. The maximum atomic E-state index is 13.0. The molecule has 0 unspecified atom stereocenters. The second kappa shape index (κ2) is 7.68. The molecule has 1 heterocycles. The van der Waals surface area contributed by atoms with Gasteiger partial charge >= 0.3 is 58.4 Å². The Labute approximate surface area is 160 Å². The fourth-order valence-electron chi connectivity index (χ4n) is 1.60. The van der Waals surface area contributed by atoms with Crippen molar-refractivity contribution < 1.29 is 77.8 Å². The van der Waals surface area contributed by atoms with Gasteiger partial charge in [0.15, 0.2) is 0 Å². The minimum atomic E-state index is -5.32. The van der Waals surface area contributed by atoms with Crippen LogP contribution in [0, 0.1) is 11.6 Å². The SMILES string of the molecule is Fc1cncc(COc2cc(F)ccc2[B-](F)(F)F)c1.[K+]. The molecule has 0 radical (unpaired) electrons. The summed E-state index contributed by atoms with van der Waals surface area (Å²) in [4.78, 5) is 3.54. The molecule has 2 aromatic rings. The Bertz CT molecular complexity index is 623. The molecule has 0 bridgehead atoms. The van der Waals surface area contributed by atoms with Gasteiger partial charge < -0.3 is 17.7 Å². The topological polar surface area (TPSA) is 22.1 Å². The summed E-state index contributed by atoms with van der Waals surface area (Å²) in [6, 6.07) is 3.05. The zero-order valence-corrected chi connectivity index (χ0v) is 14.1. The van der Waals surface area contributed by atoms with Crippen molar-refractivity contribution >= 4 is 12.4 Å². The van der Waals surface area contributed by atoms with E-state index in [0.29, 0.717) is 18.2 Å². The molecule has 0 atom stereocenters. The third kappa shape index (κ3) is 5.33. The number of aromatic nitrogens is 1. The molecule has 0 saturated heterocycles. The van der Waals surface area contributed by atoms with E-state index in [1.807, 2.05) is 0 Å². The first kappa shape index (κ1) is 18.6. The quantitative estimate of drug-likeness (QED) is 0.583. The van der Waals surface area contributed by atoms with Crippen LogP contribution in [0.25, 0.3) is 0 Å². The molecule has 0 aliphatic carbocycles. The number of hydrogen-bond donors (Lipinski definition) is 0. The molecule has 21 heavy (non-hydrogen) atoms. The molecule has 0 aliphatic rings. The molecule has 1 aromatic carbocycles. The normalized spacial score (nSPS) is 10.9. The van der Waals surface area contributed by atoms with Crippen LogP contribution in [0.15, 0.2) is 36.7 Å². The van der Waals surface area contributed by atoms with Gasteiger partial charge in [0.2, 0.25) is 0 Å². The molecule has 0 spiro atoms. The maximum absolute atomic E-state index is 13.0. The van der Waals surface area contributed by atoms with Crippen LogP contribution in [0.2, 0.25) is 0 Å². The zero-order chi connectivity index (χ0) is 14.8. The van der Waals surface area contributed by atoms with E-state index in [4.69, 9.17) is 4.74 Å². The largest absolute Gasteiger partial charge is 1.00 e. The van der Waals surface area contributed by atoms with Gasteiger partial charge in [0, 0.05) is 17.8 Å². The Hall–Kier alpha value is -0.479. The average molecular weight is 327 g/mol. The third-order valence-electron chi connectivity index (χ3n) is 2.48. The summed E-state index contributed by atoms with van der Waals surface area (Å²) in [5, 5.41) is 0. The number of halogens is 5. The molecule has 2 nitrogen and oxygen atoms in total. The summed E-state index contributed by atoms with van der Waals surface area (Å²) in [5.41, 5.74) is -0.786. The Morgan fingerprint density at radius 1 is 1.00 bits per heavy atom. The summed E-state index contributed by atoms with van der Waals surface area (Å²) in [6.45, 7) is -5.66. The van der Waals surface area contributed by atoms with Crippen LogP contribution >= 0.6 is 0 Å². The molecule has 0 N–H and O–H groups in total. The van der Waals surface area contributed by atoms with Crippen molar-refractivity contribution in [2.24, 2.45) is 0 Å². The molecule has 0 aliphatic heterocycles. The van der Waals surface area contributed by atoms with Gasteiger partial charge in [-0.3, -0.25) is 4.98 Å². The summed E-state index contributed by atoms with van der Waals surface area (Å²) >= 11 is 0. The average Bonchev–Trinajstić information content (AvgIpc) is 2.35. The number of hydrogen-bond acceptors (Lipinski definition) is 2. The Kier molecular flexibility index (Phi) is 6.79. The van der Waals surface area contributed by atoms with Crippen molar-refractivity contribution in [1.29, 1.82) is 0 Å². The first-order chi connectivity index (χ1) is 9.36. The number of ether oxygens (including phenoxy) is 1. The first-order valence-electron chi connectivity index (χ1n) is 5.58. The zero-order valence-electron chi connectivity index (χ0n) is 11.0. The monoisotopic (exact) mass is 327 g/mol. The van der Waals surface area contributed by atoms with Crippen LogP contribution in [0.4, 0.5) is 21.7 Å². The number of pyridine rings is 1.